The maximum Gasteiger partial charge on any atom is 0.417 e. The maximum absolute atomic E-state index is 13.7. The van der Waals surface area contributed by atoms with Crippen LogP contribution < -0.4 is 5.32 Å². The fraction of sp³-hybridized carbons (Fsp3) is 0.176. The number of carbonyl (C=O) groups excluding carboxylic acids is 1. The van der Waals surface area contributed by atoms with E-state index in [4.69, 9.17) is 0 Å². The van der Waals surface area contributed by atoms with Crippen LogP contribution in [0, 0.1) is 11.6 Å². The highest BCUT2D eigenvalue weighted by atomic mass is 19.4. The second kappa shape index (κ2) is 6.40. The molecule has 1 N–H and O–H groups in total. The molecule has 0 unspecified atom stereocenters. The van der Waals surface area contributed by atoms with Gasteiger partial charge in [0.15, 0.2) is 0 Å². The molecule has 0 aliphatic heterocycles. The van der Waals surface area contributed by atoms with Gasteiger partial charge < -0.3 is 5.32 Å². The van der Waals surface area contributed by atoms with Crippen LogP contribution in [0.2, 0.25) is 0 Å². The molecule has 0 radical (unpaired) electrons. The first-order valence-corrected chi connectivity index (χ1v) is 7.56. The Balaban J connectivity index is 2.11. The number of aromatic nitrogens is 2. The zero-order valence-corrected chi connectivity index (χ0v) is 13.4. The molecule has 2 aromatic heterocycles. The molecule has 0 atom stereocenters. The van der Waals surface area contributed by atoms with Crippen molar-refractivity contribution >= 4 is 17.2 Å². The van der Waals surface area contributed by atoms with Crippen LogP contribution in [0.1, 0.15) is 28.7 Å². The van der Waals surface area contributed by atoms with Crippen molar-refractivity contribution in [3.8, 4) is 0 Å². The Bertz CT molecular complexity index is 974. The number of amides is 1. The van der Waals surface area contributed by atoms with E-state index in [1.807, 2.05) is 0 Å². The van der Waals surface area contributed by atoms with E-state index in [1.165, 1.54) is 0 Å². The van der Waals surface area contributed by atoms with E-state index in [9.17, 15) is 26.7 Å². The van der Waals surface area contributed by atoms with Gasteiger partial charge in [0.1, 0.15) is 28.7 Å². The van der Waals surface area contributed by atoms with E-state index in [0.717, 1.165) is 40.9 Å². The normalized spacial score (nSPS) is 11.8. The Kier molecular flexibility index (Phi) is 4.39. The third-order valence-electron chi connectivity index (χ3n) is 3.77. The molecular weight excluding hydrogens is 357 g/mol. The number of hydrogen-bond acceptors (Lipinski definition) is 2. The van der Waals surface area contributed by atoms with Crippen molar-refractivity contribution in [1.82, 2.24) is 9.38 Å². The van der Waals surface area contributed by atoms with Gasteiger partial charge in [-0.1, -0.05) is 13.0 Å². The zero-order valence-electron chi connectivity index (χ0n) is 13.4. The molecule has 0 aliphatic carbocycles. The second-order valence-corrected chi connectivity index (χ2v) is 5.46. The number of nitrogens with zero attached hydrogens (tertiary/aromatic N) is 2. The molecule has 1 amide bonds. The summed E-state index contributed by atoms with van der Waals surface area (Å²) in [5, 5.41) is 2.07. The molecule has 0 fully saturated rings. The molecule has 2 heterocycles. The number of imidazole rings is 1. The molecule has 3 rings (SSSR count). The van der Waals surface area contributed by atoms with Crippen LogP contribution in [0.3, 0.4) is 0 Å². The topological polar surface area (TPSA) is 46.4 Å². The Morgan fingerprint density at radius 2 is 1.81 bits per heavy atom. The number of nitrogens with one attached hydrogen (secondary N) is 1. The minimum Gasteiger partial charge on any atom is -0.316 e. The first-order chi connectivity index (χ1) is 12.2. The average Bonchev–Trinajstić information content (AvgIpc) is 2.95. The predicted octanol–water partition coefficient (Wildman–Crippen LogP) is 4.45. The van der Waals surface area contributed by atoms with Crippen molar-refractivity contribution in [2.24, 2.45) is 0 Å². The van der Waals surface area contributed by atoms with Crippen LogP contribution in [0.5, 0.6) is 0 Å². The summed E-state index contributed by atoms with van der Waals surface area (Å²) in [6, 6.07) is 5.01. The van der Waals surface area contributed by atoms with Gasteiger partial charge in [0.25, 0.3) is 5.91 Å². The average molecular weight is 369 g/mol. The summed E-state index contributed by atoms with van der Waals surface area (Å²) < 4.78 is 67.3. The lowest BCUT2D eigenvalue weighted by Crippen LogP contribution is -2.18. The zero-order chi connectivity index (χ0) is 19.1. The van der Waals surface area contributed by atoms with Gasteiger partial charge in [-0.2, -0.15) is 13.2 Å². The first kappa shape index (κ1) is 17.8. The van der Waals surface area contributed by atoms with E-state index in [-0.39, 0.29) is 23.5 Å². The van der Waals surface area contributed by atoms with E-state index in [2.05, 4.69) is 10.3 Å². The molecule has 136 valence electrons. The van der Waals surface area contributed by atoms with Crippen LogP contribution in [-0.4, -0.2) is 15.3 Å². The third-order valence-corrected chi connectivity index (χ3v) is 3.77. The quantitative estimate of drug-likeness (QED) is 0.694. The van der Waals surface area contributed by atoms with E-state index < -0.39 is 35.0 Å². The lowest BCUT2D eigenvalue weighted by molar-refractivity contribution is -0.137. The van der Waals surface area contributed by atoms with Crippen molar-refractivity contribution in [3.05, 3.63) is 65.1 Å². The minimum atomic E-state index is -4.61. The van der Waals surface area contributed by atoms with Crippen LogP contribution in [0.25, 0.3) is 5.65 Å². The molecule has 0 aliphatic rings. The molecule has 3 aromatic rings. The number of halogens is 5. The fourth-order valence-electron chi connectivity index (χ4n) is 2.54. The number of rotatable bonds is 3. The van der Waals surface area contributed by atoms with Gasteiger partial charge in [-0.3, -0.25) is 9.20 Å². The van der Waals surface area contributed by atoms with Crippen molar-refractivity contribution < 1.29 is 26.7 Å². The summed E-state index contributed by atoms with van der Waals surface area (Å²) in [5.74, 6) is -2.96. The van der Waals surface area contributed by atoms with Gasteiger partial charge in [0.05, 0.1) is 11.3 Å². The van der Waals surface area contributed by atoms with Crippen molar-refractivity contribution in [2.75, 3.05) is 5.32 Å². The molecule has 0 spiro atoms. The minimum absolute atomic E-state index is 0.119. The smallest absolute Gasteiger partial charge is 0.316 e. The third kappa shape index (κ3) is 3.12. The first-order valence-electron chi connectivity index (χ1n) is 7.56. The van der Waals surface area contributed by atoms with Gasteiger partial charge in [-0.05, 0) is 30.7 Å². The molecule has 4 nitrogen and oxygen atoms in total. The molecule has 9 heteroatoms. The highest BCUT2D eigenvalue weighted by molar-refractivity contribution is 6.04. The van der Waals surface area contributed by atoms with Crippen LogP contribution in [0.4, 0.5) is 27.6 Å². The number of alkyl halides is 3. The van der Waals surface area contributed by atoms with Crippen LogP contribution in [0.15, 0.2) is 36.5 Å². The van der Waals surface area contributed by atoms with Crippen molar-refractivity contribution in [3.63, 3.8) is 0 Å². The van der Waals surface area contributed by atoms with Gasteiger partial charge >= 0.3 is 6.18 Å². The number of para-hydroxylation sites is 1. The molecular formula is C17H12F5N3O. The molecule has 1 aromatic carbocycles. The number of carbonyl (C=O) groups is 1. The monoisotopic (exact) mass is 369 g/mol. The SMILES string of the molecule is CCc1nc2ccc(C(F)(F)F)cn2c1C(=O)Nc1c(F)cccc1F. The van der Waals surface area contributed by atoms with Gasteiger partial charge in [0.2, 0.25) is 0 Å². The Morgan fingerprint density at radius 1 is 1.15 bits per heavy atom. The number of pyridine rings is 1. The summed E-state index contributed by atoms with van der Waals surface area (Å²) in [5.41, 5.74) is -1.54. The number of anilines is 1. The summed E-state index contributed by atoms with van der Waals surface area (Å²) in [6.45, 7) is 1.66. The molecule has 26 heavy (non-hydrogen) atoms. The highest BCUT2D eigenvalue weighted by Gasteiger charge is 2.32. The van der Waals surface area contributed by atoms with E-state index >= 15 is 0 Å². The number of hydrogen-bond donors (Lipinski definition) is 1. The van der Waals surface area contributed by atoms with Gasteiger partial charge in [-0.15, -0.1) is 0 Å². The highest BCUT2D eigenvalue weighted by Crippen LogP contribution is 2.30. The Labute approximate surface area is 144 Å². The van der Waals surface area contributed by atoms with Crippen LogP contribution in [-0.2, 0) is 12.6 Å². The van der Waals surface area contributed by atoms with Gasteiger partial charge in [0, 0.05) is 6.20 Å². The largest absolute Gasteiger partial charge is 0.417 e. The number of aryl methyl sites for hydroxylation is 1. The summed E-state index contributed by atoms with van der Waals surface area (Å²) in [7, 11) is 0. The van der Waals surface area contributed by atoms with Crippen molar-refractivity contribution in [2.45, 2.75) is 19.5 Å². The number of fused-ring (bicyclic) bond motifs is 1. The Morgan fingerprint density at radius 3 is 2.38 bits per heavy atom. The summed E-state index contributed by atoms with van der Waals surface area (Å²) in [4.78, 5) is 16.7. The number of benzene rings is 1. The predicted molar refractivity (Wildman–Crippen MR) is 83.9 cm³/mol. The lowest BCUT2D eigenvalue weighted by atomic mass is 10.2. The van der Waals surface area contributed by atoms with Gasteiger partial charge in [-0.25, -0.2) is 13.8 Å². The Hall–Kier alpha value is -2.97. The second-order valence-electron chi connectivity index (χ2n) is 5.46. The van der Waals surface area contributed by atoms with E-state index in [1.54, 1.807) is 6.92 Å². The fourth-order valence-corrected chi connectivity index (χ4v) is 2.54. The van der Waals surface area contributed by atoms with Crippen LogP contribution >= 0.6 is 0 Å². The summed E-state index contributed by atoms with van der Waals surface area (Å²) in [6.07, 6.45) is -3.64. The van der Waals surface area contributed by atoms with Crippen molar-refractivity contribution in [1.29, 1.82) is 0 Å². The van der Waals surface area contributed by atoms with E-state index in [0.29, 0.717) is 0 Å². The molecule has 0 bridgehead atoms. The molecule has 0 saturated carbocycles. The summed E-state index contributed by atoms with van der Waals surface area (Å²) >= 11 is 0. The standard InChI is InChI=1S/C17H12F5N3O/c1-2-12-15(16(26)24-14-10(18)4-3-5-11(14)19)25-8-9(17(20,21)22)6-7-13(25)23-12/h3-8H,2H2,1H3,(H,24,26). The lowest BCUT2D eigenvalue weighted by Gasteiger charge is -2.10. The maximum atomic E-state index is 13.7. The molecule has 0 saturated heterocycles.